The molecule has 0 saturated heterocycles. The summed E-state index contributed by atoms with van der Waals surface area (Å²) in [5, 5.41) is 29.1. The van der Waals surface area contributed by atoms with E-state index in [1.54, 1.807) is 38.1 Å². The fourth-order valence-electron chi connectivity index (χ4n) is 5.04. The molecule has 1 rings (SSSR count). The third kappa shape index (κ3) is 27.1. The number of ether oxygens (including phenoxy) is 4. The van der Waals surface area contributed by atoms with Crippen LogP contribution in [0.1, 0.15) is 57.9 Å². The zero-order valence-corrected chi connectivity index (χ0v) is 37.8. The normalized spacial score (nSPS) is 12.2. The molecule has 21 nitrogen and oxygen atoms in total. The Labute approximate surface area is 372 Å². The fraction of sp³-hybridized carbons (Fsp3) is 0.600. The third-order valence-corrected chi connectivity index (χ3v) is 11.4. The number of urea groups is 1. The molecule has 348 valence electrons. The van der Waals surface area contributed by atoms with Crippen molar-refractivity contribution in [1.29, 1.82) is 0 Å². The van der Waals surface area contributed by atoms with Gasteiger partial charge in [-0.2, -0.15) is 0 Å². The van der Waals surface area contributed by atoms with Gasteiger partial charge in [0.25, 0.3) is 6.72 Å². The first-order chi connectivity index (χ1) is 29.8. The number of benzene rings is 1. The first-order valence-electron chi connectivity index (χ1n) is 20.2. The fourth-order valence-corrected chi connectivity index (χ4v) is 7.57. The number of nitrogens with two attached hydrogens (primary N) is 1. The average molecular weight is 990 g/mol. The van der Waals surface area contributed by atoms with Crippen LogP contribution in [-0.2, 0) is 54.3 Å². The Morgan fingerprint density at radius 3 is 2.11 bits per heavy atom. The molecule has 0 aliphatic carbocycles. The summed E-state index contributed by atoms with van der Waals surface area (Å²) >= 11 is -1.04. The van der Waals surface area contributed by atoms with Gasteiger partial charge in [-0.15, -0.1) is 0 Å². The number of anilines is 1. The van der Waals surface area contributed by atoms with Crippen LogP contribution in [0.4, 0.5) is 10.5 Å². The van der Waals surface area contributed by atoms with E-state index < -0.39 is 78.9 Å². The molecular formula is C40H64IN9O12. The molecule has 0 bridgehead atoms. The van der Waals surface area contributed by atoms with E-state index in [9.17, 15) is 38.7 Å². The number of halogens is 1. The van der Waals surface area contributed by atoms with E-state index in [4.69, 9.17) is 24.7 Å². The Hall–Kier alpha value is -5.00. The molecule has 0 aromatic heterocycles. The van der Waals surface area contributed by atoms with Crippen molar-refractivity contribution >= 4 is 53.9 Å². The van der Waals surface area contributed by atoms with Crippen LogP contribution >= 0.6 is 0 Å². The Balaban J connectivity index is 2.81. The van der Waals surface area contributed by atoms with Gasteiger partial charge in [-0.1, -0.05) is 12.7 Å². The molecule has 0 aliphatic heterocycles. The molecule has 0 fully saturated rings. The van der Waals surface area contributed by atoms with E-state index in [1.165, 1.54) is 6.08 Å². The van der Waals surface area contributed by atoms with Gasteiger partial charge >= 0.3 is 262 Å². The number of aliphatic hydroxyl groups is 1. The Morgan fingerprint density at radius 1 is 0.823 bits per heavy atom. The van der Waals surface area contributed by atoms with Crippen molar-refractivity contribution in [3.05, 3.63) is 42.5 Å². The van der Waals surface area contributed by atoms with E-state index in [0.29, 0.717) is 61.7 Å². The number of hydrogen-bond donors (Lipinski definition) is 8. The summed E-state index contributed by atoms with van der Waals surface area (Å²) in [5.41, 5.74) is 6.23. The van der Waals surface area contributed by atoms with Crippen LogP contribution in [0.15, 0.2) is 42.0 Å². The van der Waals surface area contributed by atoms with E-state index >= 15 is 0 Å². The van der Waals surface area contributed by atoms with E-state index in [1.807, 2.05) is 0 Å². The number of nitrogens with one attached hydrogen (secondary N) is 6. The molecule has 0 saturated carbocycles. The van der Waals surface area contributed by atoms with Gasteiger partial charge < -0.3 is 19.5 Å². The van der Waals surface area contributed by atoms with Crippen LogP contribution in [0.3, 0.4) is 0 Å². The van der Waals surface area contributed by atoms with Crippen LogP contribution in [0, 0.1) is 5.92 Å². The van der Waals surface area contributed by atoms with Crippen LogP contribution in [0.25, 0.3) is 0 Å². The molecule has 3 atom stereocenters. The number of carbonyl (C=O) groups excluding carboxylic acids is 7. The zero-order chi connectivity index (χ0) is 46.0. The molecule has 62 heavy (non-hydrogen) atoms. The molecular weight excluding hydrogens is 925 g/mol. The number of alkyl halides is 2. The molecule has 1 aromatic carbocycles. The van der Waals surface area contributed by atoms with E-state index in [-0.39, 0.29) is 70.9 Å². The van der Waals surface area contributed by atoms with Gasteiger partial charge in [0.05, 0.1) is 44.8 Å². The number of rotatable bonds is 35. The number of hydrogen-bond acceptors (Lipinski definition) is 13. The molecule has 0 spiro atoms. The van der Waals surface area contributed by atoms with Gasteiger partial charge in [-0.05, 0) is 0 Å². The quantitative estimate of drug-likeness (QED) is 0.00379. The zero-order valence-electron chi connectivity index (χ0n) is 35.6. The Kier molecular flexibility index (Phi) is 30.7. The van der Waals surface area contributed by atoms with Crippen LogP contribution < -0.4 is 58.8 Å². The van der Waals surface area contributed by atoms with Crippen LogP contribution in [-0.4, -0.2) is 145 Å². The average Bonchev–Trinajstić information content (AvgIpc) is 3.24. The van der Waals surface area contributed by atoms with Crippen molar-refractivity contribution in [3.8, 4) is 0 Å². The summed E-state index contributed by atoms with van der Waals surface area (Å²) < 4.78 is 20.7. The van der Waals surface area contributed by atoms with Crippen molar-refractivity contribution in [1.82, 2.24) is 26.6 Å². The Morgan fingerprint density at radius 2 is 1.48 bits per heavy atom. The summed E-state index contributed by atoms with van der Waals surface area (Å²) in [6, 6.07) is 3.43. The van der Waals surface area contributed by atoms with Gasteiger partial charge in [0.1, 0.15) is 6.54 Å². The predicted octanol–water partition coefficient (Wildman–Crippen LogP) is -3.46. The molecule has 22 heteroatoms. The maximum atomic E-state index is 13.8. The standard InChI is InChI=1S/C40H64IN9O12/c1-5-20-62-34(54)15-14-31(48-33(53)9-6-8-32(52)44-18-21-59-23-25-61-26-24-60-22-19-46-43-4)37(55)49-35(28(2)3)38(56)50-36(41-16-7-17-45-40(42)58)39(57)47-30-12-10-29(27-51)11-13-30/h5,10-13,28,31,35-36,51H,1,4,6-9,14-27H2,2-3H3,(H,44,52)(H,47,57)(H,48,53)(H,49,55)(H,50,56)(H3,42,45,58)/t31-,35?,36?/m1/s1. The minimum atomic E-state index is -1.25. The summed E-state index contributed by atoms with van der Waals surface area (Å²) in [7, 11) is 0. The number of amides is 7. The van der Waals surface area contributed by atoms with Crippen molar-refractivity contribution in [3.63, 3.8) is 0 Å². The summed E-state index contributed by atoms with van der Waals surface area (Å²) in [4.78, 5) is 93.1. The van der Waals surface area contributed by atoms with E-state index in [2.05, 4.69) is 55.1 Å². The van der Waals surface area contributed by atoms with Crippen molar-refractivity contribution in [2.24, 2.45) is 16.8 Å². The molecule has 9 N–H and O–H groups in total. The number of esters is 1. The number of aliphatic hydroxyl groups excluding tert-OH is 1. The van der Waals surface area contributed by atoms with Crippen LogP contribution in [0.2, 0.25) is 0 Å². The van der Waals surface area contributed by atoms with Gasteiger partial charge in [0.2, 0.25) is 5.91 Å². The van der Waals surface area contributed by atoms with Gasteiger partial charge in [0, 0.05) is 11.3 Å². The molecule has 0 aliphatic rings. The number of nitrogens with zero attached hydrogens (tertiary/aromatic N) is 2. The predicted molar refractivity (Wildman–Crippen MR) is 223 cm³/mol. The monoisotopic (exact) mass is 989 g/mol. The van der Waals surface area contributed by atoms with Crippen molar-refractivity contribution in [2.75, 3.05) is 75.6 Å². The summed E-state index contributed by atoms with van der Waals surface area (Å²) in [6.45, 7) is 13.1. The molecule has 7 amide bonds. The first kappa shape index (κ1) is 55.0. The van der Waals surface area contributed by atoms with Gasteiger partial charge in [-0.3, -0.25) is 4.79 Å². The topological polar surface area (TPSA) is 301 Å². The van der Waals surface area contributed by atoms with Crippen molar-refractivity contribution < 1.29 is 83.6 Å². The Bertz CT molecular complexity index is 1600. The second-order valence-corrected chi connectivity index (χ2v) is 16.8. The van der Waals surface area contributed by atoms with Crippen molar-refractivity contribution in [2.45, 2.75) is 75.1 Å². The third-order valence-electron chi connectivity index (χ3n) is 8.23. The second-order valence-electron chi connectivity index (χ2n) is 13.6. The molecule has 0 heterocycles. The molecule has 1 aromatic rings. The molecule has 0 radical (unpaired) electrons. The summed E-state index contributed by atoms with van der Waals surface area (Å²) in [5.74, 6) is -3.84. The molecule has 2 unspecified atom stereocenters. The first-order valence-corrected chi connectivity index (χ1v) is 23.0. The SMILES string of the molecule is C=CCOC(=O)CC[C@@H](NC(=O)CCCC(=O)NCCOCCOCCOCCN=[N+]=C)C(=O)NC(C(=O)NC([I-]CCCNC(N)=O)C(=O)Nc1ccc(CO)cc1)C(C)C. The number of carbonyl (C=O) groups is 7. The van der Waals surface area contributed by atoms with E-state index in [0.717, 1.165) is 0 Å². The number of primary amides is 1. The van der Waals surface area contributed by atoms with Crippen LogP contribution in [0.5, 0.6) is 0 Å². The maximum absolute atomic E-state index is 13.8. The van der Waals surface area contributed by atoms with Gasteiger partial charge in [0.15, 0.2) is 0 Å². The summed E-state index contributed by atoms with van der Waals surface area (Å²) in [6.07, 6.45) is 1.58. The second kappa shape index (κ2) is 34.6. The minimum absolute atomic E-state index is 0.0278. The van der Waals surface area contributed by atoms with Gasteiger partial charge in [-0.25, -0.2) is 0 Å².